The molecule has 0 aromatic heterocycles. The van der Waals surface area contributed by atoms with Crippen LogP contribution in [0.25, 0.3) is 0 Å². The third kappa shape index (κ3) is 1.72. The Bertz CT molecular complexity index is 742. The molecule has 0 unspecified atom stereocenters. The normalized spacial score (nSPS) is 37.0. The van der Waals surface area contributed by atoms with Gasteiger partial charge in [0.2, 0.25) is 17.7 Å². The summed E-state index contributed by atoms with van der Waals surface area (Å²) in [5.74, 6) is -0.0941. The van der Waals surface area contributed by atoms with Crippen molar-refractivity contribution in [3.63, 3.8) is 0 Å². The van der Waals surface area contributed by atoms with E-state index >= 15 is 0 Å². The van der Waals surface area contributed by atoms with Gasteiger partial charge in [0.05, 0.1) is 17.9 Å². The van der Waals surface area contributed by atoms with E-state index in [2.05, 4.69) is 12.2 Å². The highest BCUT2D eigenvalue weighted by Crippen LogP contribution is 2.53. The molecule has 2 bridgehead atoms. The van der Waals surface area contributed by atoms with Gasteiger partial charge < -0.3 is 4.90 Å². The minimum atomic E-state index is -0.331. The number of hydrogen-bond acceptors (Lipinski definition) is 3. The summed E-state index contributed by atoms with van der Waals surface area (Å²) in [6, 6.07) is 9.10. The van der Waals surface area contributed by atoms with Gasteiger partial charge in [-0.2, -0.15) is 0 Å². The number of benzene rings is 1. The molecule has 3 fully saturated rings. The van der Waals surface area contributed by atoms with Gasteiger partial charge >= 0.3 is 0 Å². The zero-order chi connectivity index (χ0) is 16.4. The largest absolute Gasteiger partial charge is 0.310 e. The zero-order valence-corrected chi connectivity index (χ0v) is 13.2. The van der Waals surface area contributed by atoms with E-state index in [1.165, 1.54) is 4.90 Å². The van der Waals surface area contributed by atoms with Crippen molar-refractivity contribution >= 4 is 23.4 Å². The zero-order valence-electron chi connectivity index (χ0n) is 13.2. The number of likely N-dealkylation sites (tertiary alicyclic amines) is 1. The molecule has 2 aliphatic carbocycles. The molecular weight excluding hydrogens is 304 g/mol. The number of hydrogen-bond donors (Lipinski definition) is 0. The lowest BCUT2D eigenvalue weighted by atomic mass is 9.85. The summed E-state index contributed by atoms with van der Waals surface area (Å²) < 4.78 is 0. The van der Waals surface area contributed by atoms with Gasteiger partial charge in [-0.05, 0) is 30.4 Å². The topological polar surface area (TPSA) is 57.7 Å². The Morgan fingerprint density at radius 2 is 1.50 bits per heavy atom. The van der Waals surface area contributed by atoms with E-state index in [0.717, 1.165) is 12.1 Å². The minimum absolute atomic E-state index is 0.0232. The van der Waals surface area contributed by atoms with Crippen LogP contribution in [0.3, 0.4) is 0 Å². The molecule has 5 atom stereocenters. The number of rotatable bonds is 2. The van der Waals surface area contributed by atoms with E-state index < -0.39 is 0 Å². The van der Waals surface area contributed by atoms with E-state index in [9.17, 15) is 14.4 Å². The van der Waals surface area contributed by atoms with Gasteiger partial charge in [0.25, 0.3) is 0 Å². The highest BCUT2D eigenvalue weighted by Gasteiger charge is 2.61. The van der Waals surface area contributed by atoms with Crippen molar-refractivity contribution < 1.29 is 14.4 Å². The Kier molecular flexibility index (Phi) is 2.78. The third-order valence-electron chi connectivity index (χ3n) is 6.04. The van der Waals surface area contributed by atoms with Crippen LogP contribution >= 0.6 is 0 Å². The summed E-state index contributed by atoms with van der Waals surface area (Å²) in [7, 11) is 0. The Labute approximate surface area is 139 Å². The number of para-hydroxylation sites is 1. The first-order chi connectivity index (χ1) is 11.6. The number of amides is 3. The average Bonchev–Trinajstić information content (AvgIpc) is 3.33. The summed E-state index contributed by atoms with van der Waals surface area (Å²) in [5, 5.41) is 0. The SMILES string of the molecule is O=C1C[C@H](N2C(=O)[C@@H]3[C@H](C2=O)[C@H]2C=C[C@@H]3C2)CN1c1ccccc1. The molecule has 5 heteroatoms. The minimum Gasteiger partial charge on any atom is -0.310 e. The molecular formula is C19H18N2O3. The lowest BCUT2D eigenvalue weighted by molar-refractivity contribution is -0.143. The van der Waals surface area contributed by atoms with Gasteiger partial charge in [-0.3, -0.25) is 19.3 Å². The van der Waals surface area contributed by atoms with E-state index in [-0.39, 0.29) is 53.9 Å². The molecule has 24 heavy (non-hydrogen) atoms. The number of anilines is 1. The number of imide groups is 1. The van der Waals surface area contributed by atoms with Gasteiger partial charge in [0, 0.05) is 18.7 Å². The predicted octanol–water partition coefficient (Wildman–Crippen LogP) is 1.60. The molecule has 4 aliphatic rings. The highest BCUT2D eigenvalue weighted by molar-refractivity contribution is 6.08. The first-order valence-electron chi connectivity index (χ1n) is 8.56. The first-order valence-corrected chi connectivity index (χ1v) is 8.56. The third-order valence-corrected chi connectivity index (χ3v) is 6.04. The van der Waals surface area contributed by atoms with Gasteiger partial charge in [-0.25, -0.2) is 0 Å². The second-order valence-corrected chi connectivity index (χ2v) is 7.24. The van der Waals surface area contributed by atoms with Crippen LogP contribution < -0.4 is 4.90 Å². The molecule has 2 heterocycles. The Morgan fingerprint density at radius 3 is 2.12 bits per heavy atom. The summed E-state index contributed by atoms with van der Waals surface area (Å²) >= 11 is 0. The van der Waals surface area contributed by atoms with Crippen molar-refractivity contribution in [1.29, 1.82) is 0 Å². The van der Waals surface area contributed by atoms with Crippen LogP contribution in [-0.4, -0.2) is 35.2 Å². The second-order valence-electron chi connectivity index (χ2n) is 7.24. The van der Waals surface area contributed by atoms with Crippen LogP contribution in [0.5, 0.6) is 0 Å². The van der Waals surface area contributed by atoms with Crippen molar-refractivity contribution in [2.45, 2.75) is 18.9 Å². The molecule has 1 aromatic carbocycles. The number of carbonyl (C=O) groups is 3. The van der Waals surface area contributed by atoms with Crippen LogP contribution in [0.15, 0.2) is 42.5 Å². The monoisotopic (exact) mass is 322 g/mol. The molecule has 0 spiro atoms. The van der Waals surface area contributed by atoms with Gasteiger partial charge in [0.1, 0.15) is 0 Å². The molecule has 122 valence electrons. The van der Waals surface area contributed by atoms with Gasteiger partial charge in [0.15, 0.2) is 0 Å². The summed E-state index contributed by atoms with van der Waals surface area (Å²) in [6.07, 6.45) is 5.35. The van der Waals surface area contributed by atoms with Gasteiger partial charge in [-0.1, -0.05) is 30.4 Å². The fourth-order valence-electron chi connectivity index (χ4n) is 5.00. The average molecular weight is 322 g/mol. The maximum Gasteiger partial charge on any atom is 0.234 e. The number of allylic oxidation sites excluding steroid dienone is 2. The fourth-order valence-corrected chi connectivity index (χ4v) is 5.00. The van der Waals surface area contributed by atoms with Gasteiger partial charge in [-0.15, -0.1) is 0 Å². The maximum atomic E-state index is 12.9. The smallest absolute Gasteiger partial charge is 0.234 e. The lowest BCUT2D eigenvalue weighted by Crippen LogP contribution is -2.43. The Hall–Kier alpha value is -2.43. The number of fused-ring (bicyclic) bond motifs is 5. The van der Waals surface area contributed by atoms with Crippen LogP contribution in [0, 0.1) is 23.7 Å². The molecule has 0 N–H and O–H groups in total. The van der Waals surface area contributed by atoms with Crippen LogP contribution in [0.4, 0.5) is 5.69 Å². The quantitative estimate of drug-likeness (QED) is 0.614. The fraction of sp³-hybridized carbons (Fsp3) is 0.421. The number of carbonyl (C=O) groups excluding carboxylic acids is 3. The molecule has 2 aliphatic heterocycles. The van der Waals surface area contributed by atoms with Crippen molar-refractivity contribution in [1.82, 2.24) is 4.90 Å². The highest BCUT2D eigenvalue weighted by atomic mass is 16.2. The van der Waals surface area contributed by atoms with Crippen LogP contribution in [-0.2, 0) is 14.4 Å². The molecule has 1 aromatic rings. The van der Waals surface area contributed by atoms with E-state index in [0.29, 0.717) is 6.54 Å². The van der Waals surface area contributed by atoms with Crippen molar-refractivity contribution in [3.8, 4) is 0 Å². The Morgan fingerprint density at radius 1 is 0.875 bits per heavy atom. The molecule has 2 saturated heterocycles. The molecule has 5 rings (SSSR count). The molecule has 0 radical (unpaired) electrons. The van der Waals surface area contributed by atoms with Crippen molar-refractivity contribution in [3.05, 3.63) is 42.5 Å². The summed E-state index contributed by atoms with van der Waals surface area (Å²) in [4.78, 5) is 41.2. The van der Waals surface area contributed by atoms with Crippen LogP contribution in [0.2, 0.25) is 0 Å². The molecule has 3 amide bonds. The van der Waals surface area contributed by atoms with Crippen molar-refractivity contribution in [2.24, 2.45) is 23.7 Å². The first kappa shape index (κ1) is 14.0. The second kappa shape index (κ2) is 4.79. The Balaban J connectivity index is 1.41. The maximum absolute atomic E-state index is 12.9. The van der Waals surface area contributed by atoms with Crippen LogP contribution in [0.1, 0.15) is 12.8 Å². The van der Waals surface area contributed by atoms with E-state index in [1.54, 1.807) is 4.90 Å². The molecule has 1 saturated carbocycles. The lowest BCUT2D eigenvalue weighted by Gasteiger charge is -2.24. The molecule has 5 nitrogen and oxygen atoms in total. The van der Waals surface area contributed by atoms with Crippen molar-refractivity contribution in [2.75, 3.05) is 11.4 Å². The van der Waals surface area contributed by atoms with E-state index in [1.807, 2.05) is 30.3 Å². The standard InChI is InChI=1S/C19H18N2O3/c22-15-9-14(10-20(15)13-4-2-1-3-5-13)21-18(23)16-11-6-7-12(8-11)17(16)19(21)24/h1-7,11-12,14,16-17H,8-10H2/t11-,12+,14-,16+,17-/m0/s1. The summed E-state index contributed by atoms with van der Waals surface area (Å²) in [5.41, 5.74) is 0.825. The summed E-state index contributed by atoms with van der Waals surface area (Å²) in [6.45, 7) is 0.405. The predicted molar refractivity (Wildman–Crippen MR) is 86.8 cm³/mol. The number of nitrogens with zero attached hydrogens (tertiary/aromatic N) is 2. The van der Waals surface area contributed by atoms with E-state index in [4.69, 9.17) is 0 Å².